The molecule has 0 aromatic heterocycles. The molecule has 0 fully saturated rings. The number of benzene rings is 1. The Morgan fingerprint density at radius 1 is 1.15 bits per heavy atom. The smallest absolute Gasteiger partial charge is 0.323 e. The summed E-state index contributed by atoms with van der Waals surface area (Å²) in [6, 6.07) is 7.43. The van der Waals surface area contributed by atoms with E-state index in [1.54, 1.807) is 6.92 Å². The Hall–Kier alpha value is -1.07. The molecule has 0 bridgehead atoms. The van der Waals surface area contributed by atoms with Gasteiger partial charge in [-0.1, -0.05) is 44.5 Å². The molecule has 0 spiro atoms. The van der Waals surface area contributed by atoms with E-state index in [4.69, 9.17) is 5.73 Å². The van der Waals surface area contributed by atoms with Crippen LogP contribution in [0, 0.1) is 0 Å². The van der Waals surface area contributed by atoms with Gasteiger partial charge in [0, 0.05) is 12.6 Å². The van der Waals surface area contributed by atoms with Crippen molar-refractivity contribution in [1.29, 1.82) is 0 Å². The molecule has 20 heavy (non-hydrogen) atoms. The van der Waals surface area contributed by atoms with Crippen molar-refractivity contribution < 1.29 is 13.2 Å². The van der Waals surface area contributed by atoms with Crippen LogP contribution in [0.2, 0.25) is 0 Å². The molecule has 1 unspecified atom stereocenters. The minimum atomic E-state index is -4.18. The average molecular weight is 288 g/mol. The highest BCUT2D eigenvalue weighted by Gasteiger charge is 2.30. The number of likely N-dealkylation sites (N-methyl/N-ethyl adjacent to an activating group) is 1. The van der Waals surface area contributed by atoms with Gasteiger partial charge in [-0.25, -0.2) is 0 Å². The molecule has 0 aliphatic carbocycles. The van der Waals surface area contributed by atoms with Crippen molar-refractivity contribution in [3.8, 4) is 0 Å². The van der Waals surface area contributed by atoms with Crippen LogP contribution in [0.4, 0.5) is 13.2 Å². The van der Waals surface area contributed by atoms with Crippen molar-refractivity contribution >= 4 is 0 Å². The molecular formula is C15H23F3N2. The highest BCUT2D eigenvalue weighted by Crippen LogP contribution is 2.19. The summed E-state index contributed by atoms with van der Waals surface area (Å²) < 4.78 is 37.2. The Morgan fingerprint density at radius 3 is 2.20 bits per heavy atom. The van der Waals surface area contributed by atoms with Gasteiger partial charge in [-0.3, -0.25) is 4.90 Å². The number of hydrogen-bond donors (Lipinski definition) is 1. The number of nitrogens with two attached hydrogens (primary N) is 1. The first-order valence-electron chi connectivity index (χ1n) is 6.99. The van der Waals surface area contributed by atoms with E-state index >= 15 is 0 Å². The minimum Gasteiger partial charge on any atom is -0.323 e. The molecule has 0 saturated heterocycles. The van der Waals surface area contributed by atoms with Crippen LogP contribution < -0.4 is 5.73 Å². The molecule has 1 atom stereocenters. The van der Waals surface area contributed by atoms with Gasteiger partial charge >= 0.3 is 6.18 Å². The lowest BCUT2D eigenvalue weighted by molar-refractivity contribution is -0.145. The van der Waals surface area contributed by atoms with Gasteiger partial charge in [0.1, 0.15) is 0 Å². The predicted molar refractivity (Wildman–Crippen MR) is 75.5 cm³/mol. The number of alkyl halides is 3. The topological polar surface area (TPSA) is 29.3 Å². The van der Waals surface area contributed by atoms with E-state index in [0.717, 1.165) is 18.4 Å². The summed E-state index contributed by atoms with van der Waals surface area (Å²) in [7, 11) is 0. The van der Waals surface area contributed by atoms with Crippen molar-refractivity contribution in [2.24, 2.45) is 5.73 Å². The molecule has 5 heteroatoms. The van der Waals surface area contributed by atoms with Crippen LogP contribution in [0.5, 0.6) is 0 Å². The maximum absolute atomic E-state index is 12.4. The number of hydrogen-bond acceptors (Lipinski definition) is 2. The third-order valence-corrected chi connectivity index (χ3v) is 3.25. The maximum Gasteiger partial charge on any atom is 0.401 e. The summed E-state index contributed by atoms with van der Waals surface area (Å²) in [4.78, 5) is 1.32. The molecule has 2 nitrogen and oxygen atoms in total. The van der Waals surface area contributed by atoms with E-state index in [2.05, 4.69) is 6.92 Å². The second-order valence-corrected chi connectivity index (χ2v) is 5.04. The largest absolute Gasteiger partial charge is 0.401 e. The summed E-state index contributed by atoms with van der Waals surface area (Å²) in [5.74, 6) is 0. The third kappa shape index (κ3) is 5.92. The molecular weight excluding hydrogens is 265 g/mol. The van der Waals surface area contributed by atoms with Gasteiger partial charge in [0.05, 0.1) is 6.54 Å². The quantitative estimate of drug-likeness (QED) is 0.831. The van der Waals surface area contributed by atoms with Crippen LogP contribution in [0.1, 0.15) is 37.4 Å². The Morgan fingerprint density at radius 2 is 1.75 bits per heavy atom. The van der Waals surface area contributed by atoms with Crippen LogP contribution in [-0.4, -0.2) is 30.7 Å². The van der Waals surface area contributed by atoms with E-state index in [9.17, 15) is 13.2 Å². The van der Waals surface area contributed by atoms with Crippen LogP contribution in [-0.2, 0) is 6.42 Å². The zero-order chi connectivity index (χ0) is 15.2. The van der Waals surface area contributed by atoms with E-state index in [-0.39, 0.29) is 6.54 Å². The minimum absolute atomic E-state index is 0.211. The monoisotopic (exact) mass is 288 g/mol. The first kappa shape index (κ1) is 17.0. The zero-order valence-corrected chi connectivity index (χ0v) is 12.1. The Bertz CT molecular complexity index is 387. The van der Waals surface area contributed by atoms with E-state index in [1.807, 2.05) is 24.3 Å². The van der Waals surface area contributed by atoms with Gasteiger partial charge in [0.15, 0.2) is 0 Å². The lowest BCUT2D eigenvalue weighted by Gasteiger charge is -2.25. The molecule has 0 aliphatic heterocycles. The zero-order valence-electron chi connectivity index (χ0n) is 12.1. The maximum atomic E-state index is 12.4. The molecule has 114 valence electrons. The van der Waals surface area contributed by atoms with Crippen molar-refractivity contribution in [3.05, 3.63) is 35.4 Å². The lowest BCUT2D eigenvalue weighted by Crippen LogP contribution is -2.38. The number of aryl methyl sites for hydroxylation is 1. The molecule has 0 saturated carbocycles. The van der Waals surface area contributed by atoms with Gasteiger partial charge in [-0.05, 0) is 24.1 Å². The molecule has 1 aromatic rings. The van der Waals surface area contributed by atoms with Crippen molar-refractivity contribution in [1.82, 2.24) is 4.90 Å². The van der Waals surface area contributed by atoms with Crippen molar-refractivity contribution in [3.63, 3.8) is 0 Å². The predicted octanol–water partition coefficient (Wildman–Crippen LogP) is 3.52. The van der Waals surface area contributed by atoms with Gasteiger partial charge < -0.3 is 5.73 Å². The highest BCUT2D eigenvalue weighted by atomic mass is 19.4. The molecule has 2 N–H and O–H groups in total. The van der Waals surface area contributed by atoms with Crippen molar-refractivity contribution in [2.75, 3.05) is 19.6 Å². The second-order valence-electron chi connectivity index (χ2n) is 5.04. The molecule has 0 radical (unpaired) electrons. The SMILES string of the molecule is CCCc1ccc(C(N)CN(CC)CC(F)(F)F)cc1. The van der Waals surface area contributed by atoms with Crippen LogP contribution in [0.3, 0.4) is 0 Å². The standard InChI is InChI=1S/C15H23F3N2/c1-3-5-12-6-8-13(9-7-12)14(19)10-20(4-2)11-15(16,17)18/h6-9,14H,3-5,10-11,19H2,1-2H3. The Balaban J connectivity index is 2.62. The summed E-state index contributed by atoms with van der Waals surface area (Å²) in [5, 5.41) is 0. The average Bonchev–Trinajstić information content (AvgIpc) is 2.37. The van der Waals surface area contributed by atoms with Gasteiger partial charge in [-0.2, -0.15) is 13.2 Å². The fourth-order valence-corrected chi connectivity index (χ4v) is 2.16. The lowest BCUT2D eigenvalue weighted by atomic mass is 10.0. The van der Waals surface area contributed by atoms with Crippen LogP contribution in [0.25, 0.3) is 0 Å². The number of halogens is 3. The normalized spacial score (nSPS) is 13.8. The fraction of sp³-hybridized carbons (Fsp3) is 0.600. The fourth-order valence-electron chi connectivity index (χ4n) is 2.16. The van der Waals surface area contributed by atoms with Crippen molar-refractivity contribution in [2.45, 2.75) is 38.9 Å². The summed E-state index contributed by atoms with van der Waals surface area (Å²) in [6.45, 7) is 3.45. The molecule has 0 amide bonds. The first-order chi connectivity index (χ1) is 9.35. The van der Waals surface area contributed by atoms with Gasteiger partial charge in [0.2, 0.25) is 0 Å². The molecule has 1 rings (SSSR count). The number of rotatable bonds is 7. The highest BCUT2D eigenvalue weighted by molar-refractivity contribution is 5.25. The summed E-state index contributed by atoms with van der Waals surface area (Å²) >= 11 is 0. The summed E-state index contributed by atoms with van der Waals surface area (Å²) in [6.07, 6.45) is -2.11. The number of nitrogens with zero attached hydrogens (tertiary/aromatic N) is 1. The first-order valence-corrected chi connectivity index (χ1v) is 6.99. The summed E-state index contributed by atoms with van der Waals surface area (Å²) in [5.41, 5.74) is 8.11. The Labute approximate surface area is 118 Å². The van der Waals surface area contributed by atoms with Crippen LogP contribution in [0.15, 0.2) is 24.3 Å². The van der Waals surface area contributed by atoms with E-state index < -0.39 is 18.8 Å². The Kier molecular flexibility index (Phi) is 6.49. The third-order valence-electron chi connectivity index (χ3n) is 3.25. The van der Waals surface area contributed by atoms with Gasteiger partial charge in [0.25, 0.3) is 0 Å². The van der Waals surface area contributed by atoms with E-state index in [1.165, 1.54) is 10.5 Å². The molecule has 0 aliphatic rings. The van der Waals surface area contributed by atoms with Crippen LogP contribution >= 0.6 is 0 Å². The second kappa shape index (κ2) is 7.64. The van der Waals surface area contributed by atoms with Gasteiger partial charge in [-0.15, -0.1) is 0 Å². The molecule has 0 heterocycles. The van der Waals surface area contributed by atoms with E-state index in [0.29, 0.717) is 6.54 Å². The molecule has 1 aromatic carbocycles.